The van der Waals surface area contributed by atoms with E-state index in [0.717, 1.165) is 11.6 Å². The number of amidine groups is 1. The third-order valence-electron chi connectivity index (χ3n) is 1.82. The molecule has 3 nitrogen and oxygen atoms in total. The van der Waals surface area contributed by atoms with Crippen LogP contribution in [0.2, 0.25) is 0 Å². The summed E-state index contributed by atoms with van der Waals surface area (Å²) in [5.41, 5.74) is 0. The first-order chi connectivity index (χ1) is 6.84. The zero-order valence-electron chi connectivity index (χ0n) is 7.56. The summed E-state index contributed by atoms with van der Waals surface area (Å²) in [6.07, 6.45) is 0. The van der Waals surface area contributed by atoms with Gasteiger partial charge in [-0.1, -0.05) is 18.2 Å². The first-order valence-corrected chi connectivity index (χ1v) is 5.34. The fraction of sp³-hybridized carbons (Fsp3) is 0.200. The number of amides is 1. The van der Waals surface area contributed by atoms with Crippen LogP contribution in [0, 0.1) is 0 Å². The fourth-order valence-electron chi connectivity index (χ4n) is 1.16. The summed E-state index contributed by atoms with van der Waals surface area (Å²) in [4.78, 5) is 16.1. The van der Waals surface area contributed by atoms with Crippen LogP contribution in [-0.4, -0.2) is 24.0 Å². The van der Waals surface area contributed by atoms with Gasteiger partial charge in [0.1, 0.15) is 12.4 Å². The van der Waals surface area contributed by atoms with Crippen molar-refractivity contribution in [2.75, 3.05) is 12.3 Å². The van der Waals surface area contributed by atoms with Gasteiger partial charge < -0.3 is 5.32 Å². The second-order valence-electron chi connectivity index (χ2n) is 2.91. The van der Waals surface area contributed by atoms with Crippen molar-refractivity contribution in [1.82, 2.24) is 5.32 Å². The van der Waals surface area contributed by atoms with E-state index in [1.165, 1.54) is 4.90 Å². The Balaban J connectivity index is 1.86. The second kappa shape index (κ2) is 4.28. The van der Waals surface area contributed by atoms with Gasteiger partial charge in [0, 0.05) is 4.90 Å². The van der Waals surface area contributed by atoms with Crippen molar-refractivity contribution in [3.63, 3.8) is 0 Å². The Labute approximate surface area is 86.6 Å². The van der Waals surface area contributed by atoms with Crippen molar-refractivity contribution < 1.29 is 4.79 Å². The summed E-state index contributed by atoms with van der Waals surface area (Å²) >= 11 is 1.67. The molecule has 4 heteroatoms. The van der Waals surface area contributed by atoms with Gasteiger partial charge in [-0.25, -0.2) is 0 Å². The Morgan fingerprint density at radius 3 is 2.79 bits per heavy atom. The van der Waals surface area contributed by atoms with Crippen LogP contribution in [0.3, 0.4) is 0 Å². The molecule has 0 fully saturated rings. The first-order valence-electron chi connectivity index (χ1n) is 4.35. The average Bonchev–Trinajstić information content (AvgIpc) is 2.63. The number of carbonyl (C=O) groups is 1. The van der Waals surface area contributed by atoms with Crippen LogP contribution in [0.1, 0.15) is 0 Å². The summed E-state index contributed by atoms with van der Waals surface area (Å²) in [5.74, 6) is 1.51. The van der Waals surface area contributed by atoms with Crippen LogP contribution in [0.25, 0.3) is 0 Å². The van der Waals surface area contributed by atoms with Crippen molar-refractivity contribution in [1.29, 1.82) is 0 Å². The zero-order valence-corrected chi connectivity index (χ0v) is 8.38. The molecule has 1 aliphatic rings. The minimum atomic E-state index is -0.00587. The topological polar surface area (TPSA) is 41.5 Å². The molecule has 1 aliphatic heterocycles. The minimum absolute atomic E-state index is 0.00587. The highest BCUT2D eigenvalue weighted by molar-refractivity contribution is 8.00. The lowest BCUT2D eigenvalue weighted by Crippen LogP contribution is -2.25. The maximum Gasteiger partial charge on any atom is 0.247 e. The van der Waals surface area contributed by atoms with Gasteiger partial charge in [0.15, 0.2) is 0 Å². The SMILES string of the molecule is O=C1CN=C(CSc2ccccc2)N1. The summed E-state index contributed by atoms with van der Waals surface area (Å²) in [6.45, 7) is 0.282. The van der Waals surface area contributed by atoms with Crippen molar-refractivity contribution in [3.05, 3.63) is 30.3 Å². The van der Waals surface area contributed by atoms with Crippen molar-refractivity contribution in [2.24, 2.45) is 4.99 Å². The molecule has 1 amide bonds. The number of hydrogen-bond donors (Lipinski definition) is 1. The Hall–Kier alpha value is -1.29. The molecule has 0 saturated heterocycles. The summed E-state index contributed by atoms with van der Waals surface area (Å²) < 4.78 is 0. The van der Waals surface area contributed by atoms with Crippen LogP contribution >= 0.6 is 11.8 Å². The van der Waals surface area contributed by atoms with Gasteiger partial charge in [-0.05, 0) is 12.1 Å². The summed E-state index contributed by atoms with van der Waals surface area (Å²) in [6, 6.07) is 10.1. The molecule has 2 rings (SSSR count). The number of nitrogens with one attached hydrogen (secondary N) is 1. The van der Waals surface area contributed by atoms with Gasteiger partial charge in [-0.3, -0.25) is 9.79 Å². The second-order valence-corrected chi connectivity index (χ2v) is 3.96. The highest BCUT2D eigenvalue weighted by Gasteiger charge is 2.12. The molecule has 0 saturated carbocycles. The van der Waals surface area contributed by atoms with Gasteiger partial charge in [0.25, 0.3) is 0 Å². The van der Waals surface area contributed by atoms with Crippen LogP contribution in [0.5, 0.6) is 0 Å². The zero-order chi connectivity index (χ0) is 9.80. The smallest absolute Gasteiger partial charge is 0.247 e. The molecule has 1 aromatic carbocycles. The molecule has 0 bridgehead atoms. The fourth-order valence-corrected chi connectivity index (χ4v) is 1.97. The molecule has 0 aromatic heterocycles. The Morgan fingerprint density at radius 1 is 1.36 bits per heavy atom. The highest BCUT2D eigenvalue weighted by atomic mass is 32.2. The number of carbonyl (C=O) groups excluding carboxylic acids is 1. The van der Waals surface area contributed by atoms with Gasteiger partial charge in [-0.2, -0.15) is 0 Å². The number of thioether (sulfide) groups is 1. The maximum atomic E-state index is 10.8. The summed E-state index contributed by atoms with van der Waals surface area (Å²) in [7, 11) is 0. The molecular formula is C10H10N2OS. The lowest BCUT2D eigenvalue weighted by Gasteiger charge is -2.00. The largest absolute Gasteiger partial charge is 0.312 e. The normalized spacial score (nSPS) is 15.1. The van der Waals surface area contributed by atoms with Crippen molar-refractivity contribution in [2.45, 2.75) is 4.90 Å². The van der Waals surface area contributed by atoms with Crippen LogP contribution in [0.15, 0.2) is 40.2 Å². The Kier molecular flexibility index (Phi) is 2.84. The van der Waals surface area contributed by atoms with E-state index in [9.17, 15) is 4.79 Å². The van der Waals surface area contributed by atoms with Gasteiger partial charge in [0.2, 0.25) is 5.91 Å². The van der Waals surface area contributed by atoms with E-state index >= 15 is 0 Å². The predicted octanol–water partition coefficient (Wildman–Crippen LogP) is 1.31. The Bertz CT molecular complexity index is 362. The number of aliphatic imine (C=N–C) groups is 1. The molecule has 0 unspecified atom stereocenters. The Morgan fingerprint density at radius 2 is 2.14 bits per heavy atom. The molecule has 0 radical (unpaired) electrons. The van der Waals surface area contributed by atoms with Gasteiger partial charge in [0.05, 0.1) is 5.75 Å². The maximum absolute atomic E-state index is 10.8. The minimum Gasteiger partial charge on any atom is -0.312 e. The van der Waals surface area contributed by atoms with Gasteiger partial charge >= 0.3 is 0 Å². The molecule has 72 valence electrons. The molecule has 1 heterocycles. The molecular weight excluding hydrogens is 196 g/mol. The quantitative estimate of drug-likeness (QED) is 0.757. The van der Waals surface area contributed by atoms with Crippen molar-refractivity contribution >= 4 is 23.5 Å². The van der Waals surface area contributed by atoms with Crippen LogP contribution < -0.4 is 5.32 Å². The number of rotatable bonds is 3. The lowest BCUT2D eigenvalue weighted by atomic mass is 10.4. The van der Waals surface area contributed by atoms with Gasteiger partial charge in [-0.15, -0.1) is 11.8 Å². The van der Waals surface area contributed by atoms with E-state index in [0.29, 0.717) is 0 Å². The molecule has 14 heavy (non-hydrogen) atoms. The van der Waals surface area contributed by atoms with E-state index in [1.807, 2.05) is 30.3 Å². The first kappa shape index (κ1) is 9.27. The summed E-state index contributed by atoms with van der Waals surface area (Å²) in [5, 5.41) is 2.71. The van der Waals surface area contributed by atoms with E-state index in [2.05, 4.69) is 10.3 Å². The van der Waals surface area contributed by atoms with Crippen LogP contribution in [-0.2, 0) is 4.79 Å². The molecule has 0 aliphatic carbocycles. The highest BCUT2D eigenvalue weighted by Crippen LogP contribution is 2.16. The van der Waals surface area contributed by atoms with E-state index < -0.39 is 0 Å². The monoisotopic (exact) mass is 206 g/mol. The van der Waals surface area contributed by atoms with E-state index in [-0.39, 0.29) is 12.5 Å². The molecule has 0 atom stereocenters. The molecule has 0 spiro atoms. The number of hydrogen-bond acceptors (Lipinski definition) is 3. The standard InChI is InChI=1S/C10H10N2OS/c13-10-6-11-9(12-10)7-14-8-4-2-1-3-5-8/h1-5H,6-7H2,(H,11,12,13). The number of benzene rings is 1. The molecule has 1 aromatic rings. The molecule has 1 N–H and O–H groups in total. The third-order valence-corrected chi connectivity index (χ3v) is 2.84. The number of nitrogens with zero attached hydrogens (tertiary/aromatic N) is 1. The predicted molar refractivity (Wildman–Crippen MR) is 57.6 cm³/mol. The third kappa shape index (κ3) is 2.35. The van der Waals surface area contributed by atoms with Crippen LogP contribution in [0.4, 0.5) is 0 Å². The van der Waals surface area contributed by atoms with Crippen molar-refractivity contribution in [3.8, 4) is 0 Å². The lowest BCUT2D eigenvalue weighted by molar-refractivity contribution is -0.117. The van der Waals surface area contributed by atoms with E-state index in [1.54, 1.807) is 11.8 Å². The average molecular weight is 206 g/mol. The van der Waals surface area contributed by atoms with E-state index in [4.69, 9.17) is 0 Å².